The topological polar surface area (TPSA) is 88.6 Å². The van der Waals surface area contributed by atoms with Gasteiger partial charge in [-0.1, -0.05) is 30.3 Å². The van der Waals surface area contributed by atoms with Crippen LogP contribution >= 0.6 is 0 Å². The summed E-state index contributed by atoms with van der Waals surface area (Å²) >= 11 is 0. The molecular weight excluding hydrogens is 356 g/mol. The molecule has 0 atom stereocenters. The monoisotopic (exact) mass is 374 g/mol. The van der Waals surface area contributed by atoms with Crippen molar-refractivity contribution in [2.75, 3.05) is 0 Å². The highest BCUT2D eigenvalue weighted by molar-refractivity contribution is 6.01. The highest BCUT2D eigenvalue weighted by atomic mass is 16.3. The van der Waals surface area contributed by atoms with E-state index in [9.17, 15) is 14.7 Å². The maximum Gasteiger partial charge on any atom is 0.328 e. The average molecular weight is 374 g/mol. The summed E-state index contributed by atoms with van der Waals surface area (Å²) in [7, 11) is 3.42. The van der Waals surface area contributed by atoms with Crippen molar-refractivity contribution in [2.24, 2.45) is 19.2 Å². The predicted octanol–water partition coefficient (Wildman–Crippen LogP) is 2.50. The Hall–Kier alpha value is -3.87. The second-order valence-corrected chi connectivity index (χ2v) is 6.56. The minimum Gasteiger partial charge on any atom is -0.507 e. The zero-order valence-electron chi connectivity index (χ0n) is 15.4. The Morgan fingerprint density at radius 2 is 1.68 bits per heavy atom. The number of imidazole rings is 1. The lowest BCUT2D eigenvalue weighted by Gasteiger charge is -2.05. The highest BCUT2D eigenvalue weighted by Crippen LogP contribution is 2.24. The number of hydrogen-bond donors (Lipinski definition) is 2. The summed E-state index contributed by atoms with van der Waals surface area (Å²) in [6.07, 6.45) is 1.49. The van der Waals surface area contributed by atoms with Crippen molar-refractivity contribution in [2.45, 2.75) is 0 Å². The molecule has 0 bridgehead atoms. The fourth-order valence-corrected chi connectivity index (χ4v) is 3.24. The molecule has 1 heterocycles. The molecule has 7 heteroatoms. The molecule has 0 aliphatic heterocycles. The van der Waals surface area contributed by atoms with Crippen LogP contribution in [0.3, 0.4) is 0 Å². The van der Waals surface area contributed by atoms with Crippen LogP contribution in [-0.2, 0) is 14.1 Å². The number of amides is 1. The van der Waals surface area contributed by atoms with Crippen molar-refractivity contribution in [3.63, 3.8) is 0 Å². The standard InChI is InChI=1S/C21H18N4O3/c1-24-17-8-7-13(9-18(17)25(2)21(24)28)12-22-23-20(27)16-10-14-5-3-4-6-15(14)11-19(16)26/h3-12,26H,1-2H3,(H,23,27). The van der Waals surface area contributed by atoms with E-state index >= 15 is 0 Å². The van der Waals surface area contributed by atoms with Gasteiger partial charge in [0.2, 0.25) is 0 Å². The van der Waals surface area contributed by atoms with E-state index in [0.717, 1.165) is 27.4 Å². The molecule has 1 amide bonds. The Kier molecular flexibility index (Phi) is 4.19. The molecule has 0 aliphatic carbocycles. The van der Waals surface area contributed by atoms with Gasteiger partial charge in [-0.25, -0.2) is 10.2 Å². The minimum absolute atomic E-state index is 0.105. The van der Waals surface area contributed by atoms with Crippen LogP contribution in [0.1, 0.15) is 15.9 Å². The molecule has 1 aromatic heterocycles. The zero-order valence-corrected chi connectivity index (χ0v) is 15.4. The van der Waals surface area contributed by atoms with Crippen molar-refractivity contribution in [1.82, 2.24) is 14.6 Å². The number of rotatable bonds is 3. The van der Waals surface area contributed by atoms with Crippen molar-refractivity contribution in [3.8, 4) is 5.75 Å². The molecule has 0 fully saturated rings. The van der Waals surface area contributed by atoms with E-state index in [-0.39, 0.29) is 17.0 Å². The van der Waals surface area contributed by atoms with E-state index in [0.29, 0.717) is 0 Å². The van der Waals surface area contributed by atoms with Gasteiger partial charge in [0, 0.05) is 14.1 Å². The third-order valence-corrected chi connectivity index (χ3v) is 4.78. The van der Waals surface area contributed by atoms with Gasteiger partial charge in [0.15, 0.2) is 0 Å². The van der Waals surface area contributed by atoms with Gasteiger partial charge in [0.25, 0.3) is 5.91 Å². The second-order valence-electron chi connectivity index (χ2n) is 6.56. The Morgan fingerprint density at radius 3 is 2.43 bits per heavy atom. The molecule has 0 aliphatic rings. The Morgan fingerprint density at radius 1 is 1.00 bits per heavy atom. The lowest BCUT2D eigenvalue weighted by Crippen LogP contribution is -2.19. The van der Waals surface area contributed by atoms with Gasteiger partial charge in [-0.2, -0.15) is 5.10 Å². The Balaban J connectivity index is 1.57. The normalized spacial score (nSPS) is 11.5. The van der Waals surface area contributed by atoms with Crippen LogP contribution in [0.2, 0.25) is 0 Å². The van der Waals surface area contributed by atoms with Crippen molar-refractivity contribution in [3.05, 3.63) is 76.2 Å². The third kappa shape index (κ3) is 2.92. The molecule has 4 rings (SSSR count). The van der Waals surface area contributed by atoms with Gasteiger partial charge in [0.1, 0.15) is 5.75 Å². The average Bonchev–Trinajstić information content (AvgIpc) is 2.91. The van der Waals surface area contributed by atoms with Gasteiger partial charge >= 0.3 is 5.69 Å². The van der Waals surface area contributed by atoms with E-state index < -0.39 is 5.91 Å². The fraction of sp³-hybridized carbons (Fsp3) is 0.0952. The number of hydrogen-bond acceptors (Lipinski definition) is 4. The molecule has 28 heavy (non-hydrogen) atoms. The number of fused-ring (bicyclic) bond motifs is 2. The van der Waals surface area contributed by atoms with E-state index in [4.69, 9.17) is 0 Å². The maximum absolute atomic E-state index is 12.4. The van der Waals surface area contributed by atoms with Crippen LogP contribution in [0.15, 0.2) is 64.5 Å². The number of nitrogens with one attached hydrogen (secondary N) is 1. The van der Waals surface area contributed by atoms with Crippen LogP contribution < -0.4 is 11.1 Å². The molecule has 0 spiro atoms. The molecule has 4 aromatic rings. The number of carbonyl (C=O) groups excluding carboxylic acids is 1. The highest BCUT2D eigenvalue weighted by Gasteiger charge is 2.12. The van der Waals surface area contributed by atoms with Crippen molar-refractivity contribution < 1.29 is 9.90 Å². The second kappa shape index (κ2) is 6.70. The number of benzene rings is 3. The molecule has 140 valence electrons. The number of aromatic hydroxyl groups is 1. The first-order valence-corrected chi connectivity index (χ1v) is 8.66. The summed E-state index contributed by atoms with van der Waals surface area (Å²) in [6.45, 7) is 0. The quantitative estimate of drug-likeness (QED) is 0.427. The lowest BCUT2D eigenvalue weighted by atomic mass is 10.1. The summed E-state index contributed by atoms with van der Waals surface area (Å²) in [4.78, 5) is 24.4. The zero-order chi connectivity index (χ0) is 19.8. The summed E-state index contributed by atoms with van der Waals surface area (Å²) in [5.74, 6) is -0.611. The lowest BCUT2D eigenvalue weighted by molar-refractivity contribution is 0.0952. The Labute approximate surface area is 160 Å². The van der Waals surface area contributed by atoms with E-state index in [1.807, 2.05) is 42.5 Å². The Bertz CT molecular complexity index is 1310. The van der Waals surface area contributed by atoms with Gasteiger partial charge in [-0.15, -0.1) is 0 Å². The molecular formula is C21H18N4O3. The van der Waals surface area contributed by atoms with Crippen LogP contribution in [-0.4, -0.2) is 26.4 Å². The first kappa shape index (κ1) is 17.5. The van der Waals surface area contributed by atoms with Gasteiger partial charge < -0.3 is 5.11 Å². The largest absolute Gasteiger partial charge is 0.507 e. The predicted molar refractivity (Wildman–Crippen MR) is 109 cm³/mol. The van der Waals surface area contributed by atoms with E-state index in [1.165, 1.54) is 6.21 Å². The first-order chi connectivity index (χ1) is 13.5. The number of carbonyl (C=O) groups is 1. The fourth-order valence-electron chi connectivity index (χ4n) is 3.24. The smallest absolute Gasteiger partial charge is 0.328 e. The van der Waals surface area contributed by atoms with E-state index in [2.05, 4.69) is 10.5 Å². The SMILES string of the molecule is Cn1c(=O)n(C)c2cc(C=NNC(=O)c3cc4ccccc4cc3O)ccc21. The van der Waals surface area contributed by atoms with Crippen LogP contribution in [0.5, 0.6) is 5.75 Å². The first-order valence-electron chi connectivity index (χ1n) is 8.66. The van der Waals surface area contributed by atoms with E-state index in [1.54, 1.807) is 35.4 Å². The summed E-state index contributed by atoms with van der Waals surface area (Å²) in [5.41, 5.74) is 4.79. The number of nitrogens with zero attached hydrogens (tertiary/aromatic N) is 3. The molecule has 0 saturated heterocycles. The number of phenolic OH excluding ortho intramolecular Hbond substituents is 1. The summed E-state index contributed by atoms with van der Waals surface area (Å²) in [5, 5.41) is 15.8. The van der Waals surface area contributed by atoms with Gasteiger partial charge in [-0.3, -0.25) is 13.9 Å². The molecule has 0 unspecified atom stereocenters. The van der Waals surface area contributed by atoms with Crippen LogP contribution in [0.25, 0.3) is 21.8 Å². The van der Waals surface area contributed by atoms with Crippen LogP contribution in [0, 0.1) is 0 Å². The number of hydrazone groups is 1. The number of phenols is 1. The third-order valence-electron chi connectivity index (χ3n) is 4.78. The van der Waals surface area contributed by atoms with Crippen molar-refractivity contribution >= 4 is 33.9 Å². The molecule has 3 aromatic carbocycles. The number of aryl methyl sites for hydroxylation is 2. The number of aromatic nitrogens is 2. The van der Waals surface area contributed by atoms with Crippen molar-refractivity contribution in [1.29, 1.82) is 0 Å². The molecule has 2 N–H and O–H groups in total. The molecule has 0 saturated carbocycles. The summed E-state index contributed by atoms with van der Waals surface area (Å²) < 4.78 is 3.12. The maximum atomic E-state index is 12.4. The van der Waals surface area contributed by atoms with Gasteiger partial charge in [-0.05, 0) is 40.6 Å². The minimum atomic E-state index is -0.507. The van der Waals surface area contributed by atoms with Crippen LogP contribution in [0.4, 0.5) is 0 Å². The molecule has 7 nitrogen and oxygen atoms in total. The molecule has 0 radical (unpaired) electrons. The summed E-state index contributed by atoms with van der Waals surface area (Å²) in [6, 6.07) is 16.1. The van der Waals surface area contributed by atoms with Gasteiger partial charge in [0.05, 0.1) is 22.8 Å².